The zero-order valence-corrected chi connectivity index (χ0v) is 16.0. The van der Waals surface area contributed by atoms with E-state index in [0.29, 0.717) is 22.5 Å². The summed E-state index contributed by atoms with van der Waals surface area (Å²) < 4.78 is 0. The van der Waals surface area contributed by atoms with Crippen LogP contribution in [0.4, 0.5) is 16.3 Å². The maximum atomic E-state index is 12.6. The molecule has 0 atom stereocenters. The first kappa shape index (κ1) is 18.9. The van der Waals surface area contributed by atoms with Gasteiger partial charge in [-0.1, -0.05) is 78.9 Å². The molecule has 0 fully saturated rings. The number of rotatable bonds is 4. The average molecular weight is 390 g/mol. The summed E-state index contributed by atoms with van der Waals surface area (Å²) in [5.41, 5.74) is 4.11. The van der Waals surface area contributed by atoms with E-state index >= 15 is 0 Å². The predicted octanol–water partition coefficient (Wildman–Crippen LogP) is 5.93. The topological polar surface area (TPSA) is 77.8 Å². The minimum atomic E-state index is -0.463. The number of carbonyl (C=O) groups excluding carboxylic acids is 1. The van der Waals surface area contributed by atoms with Crippen LogP contribution in [0.15, 0.2) is 97.1 Å². The van der Waals surface area contributed by atoms with E-state index in [1.807, 2.05) is 84.9 Å². The Hall–Kier alpha value is -4.43. The van der Waals surface area contributed by atoms with Crippen LogP contribution >= 0.6 is 0 Å². The number of hydrogen-bond donors (Lipinski definition) is 2. The second-order valence-electron chi connectivity index (χ2n) is 6.57. The number of pyridine rings is 1. The monoisotopic (exact) mass is 390 g/mol. The lowest BCUT2D eigenvalue weighted by atomic mass is 9.98. The Morgan fingerprint density at radius 2 is 1.33 bits per heavy atom. The van der Waals surface area contributed by atoms with E-state index in [2.05, 4.69) is 21.7 Å². The van der Waals surface area contributed by atoms with E-state index in [4.69, 9.17) is 0 Å². The molecular formula is C25H18N4O. The molecule has 30 heavy (non-hydrogen) atoms. The van der Waals surface area contributed by atoms with Crippen molar-refractivity contribution in [1.29, 1.82) is 5.26 Å². The van der Waals surface area contributed by atoms with Crippen molar-refractivity contribution < 1.29 is 4.79 Å². The number of nitrogens with zero attached hydrogens (tertiary/aromatic N) is 2. The van der Waals surface area contributed by atoms with Crippen molar-refractivity contribution in [3.63, 3.8) is 0 Å². The SMILES string of the molecule is N#Cc1c(-c2ccccc2)cc(-c2ccccc2)nc1NC(=O)Nc1ccccc1. The Labute approximate surface area is 174 Å². The van der Waals surface area contributed by atoms with E-state index in [0.717, 1.165) is 11.1 Å². The lowest BCUT2D eigenvalue weighted by Gasteiger charge is -2.14. The molecule has 0 aliphatic rings. The fourth-order valence-electron chi connectivity index (χ4n) is 3.14. The van der Waals surface area contributed by atoms with Crippen LogP contribution in [0.1, 0.15) is 5.56 Å². The van der Waals surface area contributed by atoms with Crippen molar-refractivity contribution >= 4 is 17.5 Å². The van der Waals surface area contributed by atoms with Gasteiger partial charge >= 0.3 is 6.03 Å². The first-order valence-corrected chi connectivity index (χ1v) is 9.43. The van der Waals surface area contributed by atoms with Crippen molar-refractivity contribution in [1.82, 2.24) is 4.98 Å². The van der Waals surface area contributed by atoms with Gasteiger partial charge in [0.05, 0.1) is 5.69 Å². The van der Waals surface area contributed by atoms with Gasteiger partial charge in [0, 0.05) is 16.8 Å². The van der Waals surface area contributed by atoms with Crippen LogP contribution in [0, 0.1) is 11.3 Å². The predicted molar refractivity (Wildman–Crippen MR) is 119 cm³/mol. The third kappa shape index (κ3) is 4.18. The van der Waals surface area contributed by atoms with Gasteiger partial charge in [-0.25, -0.2) is 9.78 Å². The Morgan fingerprint density at radius 3 is 1.93 bits per heavy atom. The molecule has 2 amide bonds. The summed E-state index contributed by atoms with van der Waals surface area (Å²) in [4.78, 5) is 17.2. The molecule has 0 radical (unpaired) electrons. The van der Waals surface area contributed by atoms with Crippen LogP contribution in [-0.2, 0) is 0 Å². The fraction of sp³-hybridized carbons (Fsp3) is 0. The maximum absolute atomic E-state index is 12.6. The molecule has 0 bridgehead atoms. The van der Waals surface area contributed by atoms with E-state index in [9.17, 15) is 10.1 Å². The number of urea groups is 1. The Kier molecular flexibility index (Phi) is 5.50. The van der Waals surface area contributed by atoms with Crippen LogP contribution in [-0.4, -0.2) is 11.0 Å². The first-order chi connectivity index (χ1) is 14.7. The number of nitrogens with one attached hydrogen (secondary N) is 2. The second kappa shape index (κ2) is 8.72. The van der Waals surface area contributed by atoms with Gasteiger partial charge in [-0.3, -0.25) is 5.32 Å². The summed E-state index contributed by atoms with van der Waals surface area (Å²) >= 11 is 0. The second-order valence-corrected chi connectivity index (χ2v) is 6.57. The number of aromatic nitrogens is 1. The zero-order chi connectivity index (χ0) is 20.8. The molecule has 1 heterocycles. The quantitative estimate of drug-likeness (QED) is 0.453. The first-order valence-electron chi connectivity index (χ1n) is 9.43. The highest BCUT2D eigenvalue weighted by molar-refractivity contribution is 6.01. The van der Waals surface area contributed by atoms with Gasteiger partial charge in [-0.2, -0.15) is 5.26 Å². The van der Waals surface area contributed by atoms with Crippen molar-refractivity contribution in [2.24, 2.45) is 0 Å². The summed E-state index contributed by atoms with van der Waals surface area (Å²) in [7, 11) is 0. The smallest absolute Gasteiger partial charge is 0.308 e. The molecule has 144 valence electrons. The molecule has 2 N–H and O–H groups in total. The van der Waals surface area contributed by atoms with Gasteiger partial charge in [0.2, 0.25) is 0 Å². The number of nitriles is 1. The molecular weight excluding hydrogens is 372 g/mol. The van der Waals surface area contributed by atoms with Gasteiger partial charge < -0.3 is 5.32 Å². The molecule has 5 nitrogen and oxygen atoms in total. The Morgan fingerprint density at radius 1 is 0.767 bits per heavy atom. The number of hydrogen-bond acceptors (Lipinski definition) is 3. The minimum absolute atomic E-state index is 0.214. The van der Waals surface area contributed by atoms with E-state index in [-0.39, 0.29) is 5.82 Å². The minimum Gasteiger partial charge on any atom is -0.308 e. The number of para-hydroxylation sites is 1. The normalized spacial score (nSPS) is 10.1. The standard InChI is InChI=1S/C25H18N4O/c26-17-22-21(18-10-4-1-5-11-18)16-23(19-12-6-2-7-13-19)28-24(22)29-25(30)27-20-14-8-3-9-15-20/h1-16H,(H2,27,28,29,30). The lowest BCUT2D eigenvalue weighted by Crippen LogP contribution is -2.21. The van der Waals surface area contributed by atoms with E-state index < -0.39 is 6.03 Å². The highest BCUT2D eigenvalue weighted by Gasteiger charge is 2.17. The molecule has 0 saturated carbocycles. The van der Waals surface area contributed by atoms with Crippen molar-refractivity contribution in [2.45, 2.75) is 0 Å². The number of anilines is 2. The largest absolute Gasteiger partial charge is 0.324 e. The Balaban J connectivity index is 1.78. The molecule has 5 heteroatoms. The number of amides is 2. The molecule has 4 aromatic rings. The summed E-state index contributed by atoms with van der Waals surface area (Å²) in [5, 5.41) is 15.4. The molecule has 4 rings (SSSR count). The van der Waals surface area contributed by atoms with Gasteiger partial charge in [0.15, 0.2) is 5.82 Å². The van der Waals surface area contributed by atoms with Crippen LogP contribution in [0.3, 0.4) is 0 Å². The van der Waals surface area contributed by atoms with Crippen LogP contribution in [0.25, 0.3) is 22.4 Å². The summed E-state index contributed by atoms with van der Waals surface area (Å²) in [6.07, 6.45) is 0. The molecule has 3 aromatic carbocycles. The summed E-state index contributed by atoms with van der Waals surface area (Å²) in [5.74, 6) is 0.214. The maximum Gasteiger partial charge on any atom is 0.324 e. The van der Waals surface area contributed by atoms with Gasteiger partial charge in [0.25, 0.3) is 0 Å². The summed E-state index contributed by atoms with van der Waals surface area (Å²) in [6, 6.07) is 32.0. The summed E-state index contributed by atoms with van der Waals surface area (Å²) in [6.45, 7) is 0. The third-order valence-electron chi connectivity index (χ3n) is 4.55. The molecule has 0 unspecified atom stereocenters. The number of carbonyl (C=O) groups is 1. The third-order valence-corrected chi connectivity index (χ3v) is 4.55. The Bertz CT molecular complexity index is 1200. The molecule has 0 aliphatic carbocycles. The highest BCUT2D eigenvalue weighted by Crippen LogP contribution is 2.32. The van der Waals surface area contributed by atoms with E-state index in [1.165, 1.54) is 0 Å². The van der Waals surface area contributed by atoms with Crippen LogP contribution < -0.4 is 10.6 Å². The van der Waals surface area contributed by atoms with E-state index in [1.54, 1.807) is 12.1 Å². The highest BCUT2D eigenvalue weighted by atomic mass is 16.2. The molecule has 1 aromatic heterocycles. The lowest BCUT2D eigenvalue weighted by molar-refractivity contribution is 0.262. The van der Waals surface area contributed by atoms with Crippen molar-refractivity contribution in [3.05, 3.63) is 103 Å². The molecule has 0 aliphatic heterocycles. The zero-order valence-electron chi connectivity index (χ0n) is 16.0. The fourth-order valence-corrected chi connectivity index (χ4v) is 3.14. The average Bonchev–Trinajstić information content (AvgIpc) is 2.80. The van der Waals surface area contributed by atoms with Gasteiger partial charge in [-0.15, -0.1) is 0 Å². The van der Waals surface area contributed by atoms with Crippen molar-refractivity contribution in [2.75, 3.05) is 10.6 Å². The van der Waals surface area contributed by atoms with Gasteiger partial charge in [0.1, 0.15) is 11.6 Å². The molecule has 0 saturated heterocycles. The van der Waals surface area contributed by atoms with Gasteiger partial charge in [-0.05, 0) is 23.8 Å². The molecule has 0 spiro atoms. The number of benzene rings is 3. The van der Waals surface area contributed by atoms with Crippen LogP contribution in [0.5, 0.6) is 0 Å². The van der Waals surface area contributed by atoms with Crippen LogP contribution in [0.2, 0.25) is 0 Å². The van der Waals surface area contributed by atoms with Crippen molar-refractivity contribution in [3.8, 4) is 28.5 Å².